The molecule has 0 aliphatic carbocycles. The number of ether oxygens (including phenoxy) is 1. The summed E-state index contributed by atoms with van der Waals surface area (Å²) in [6, 6.07) is 11.5. The van der Waals surface area contributed by atoms with Crippen molar-refractivity contribution in [2.75, 3.05) is 0 Å². The molecule has 0 amide bonds. The van der Waals surface area contributed by atoms with E-state index in [1.54, 1.807) is 6.07 Å². The molecular formula is C26H28ClN3O3. The Morgan fingerprint density at radius 2 is 2.00 bits per heavy atom. The first kappa shape index (κ1) is 23.1. The van der Waals surface area contributed by atoms with E-state index in [0.29, 0.717) is 41.2 Å². The molecule has 2 aromatic carbocycles. The van der Waals surface area contributed by atoms with Crippen LogP contribution in [-0.4, -0.2) is 27.1 Å². The van der Waals surface area contributed by atoms with E-state index in [2.05, 4.69) is 40.8 Å². The molecule has 0 saturated carbocycles. The minimum atomic E-state index is 0.0300. The summed E-state index contributed by atoms with van der Waals surface area (Å²) in [6.45, 7) is 9.13. The maximum absolute atomic E-state index is 11.0. The number of nitrogens with zero attached hydrogens (tertiary/aromatic N) is 3. The number of hydrogen-bond acceptors (Lipinski definition) is 5. The largest absolute Gasteiger partial charge is 0.489 e. The fraction of sp³-hybridized carbons (Fsp3) is 0.346. The maximum atomic E-state index is 11.0. The molecule has 6 nitrogen and oxygen atoms in total. The van der Waals surface area contributed by atoms with E-state index >= 15 is 0 Å². The van der Waals surface area contributed by atoms with Crippen molar-refractivity contribution in [1.82, 2.24) is 14.7 Å². The van der Waals surface area contributed by atoms with Gasteiger partial charge in [0.15, 0.2) is 0 Å². The van der Waals surface area contributed by atoms with Gasteiger partial charge in [-0.05, 0) is 56.0 Å². The normalized spacial score (nSPS) is 11.6. The zero-order chi connectivity index (χ0) is 23.5. The van der Waals surface area contributed by atoms with Crippen LogP contribution in [0.2, 0.25) is 5.02 Å². The zero-order valence-electron chi connectivity index (χ0n) is 19.3. The van der Waals surface area contributed by atoms with Crippen LogP contribution in [0.25, 0.3) is 33.7 Å². The van der Waals surface area contributed by atoms with Crippen molar-refractivity contribution in [3.8, 4) is 28.6 Å². The third kappa shape index (κ3) is 4.96. The number of hydrogen-bond donors (Lipinski definition) is 0. The summed E-state index contributed by atoms with van der Waals surface area (Å²) in [6.07, 6.45) is 4.33. The lowest BCUT2D eigenvalue weighted by molar-refractivity contribution is -0.107. The van der Waals surface area contributed by atoms with Gasteiger partial charge in [-0.1, -0.05) is 42.7 Å². The van der Waals surface area contributed by atoms with E-state index in [9.17, 15) is 4.79 Å². The van der Waals surface area contributed by atoms with Gasteiger partial charge in [-0.25, -0.2) is 0 Å². The van der Waals surface area contributed by atoms with E-state index in [1.807, 2.05) is 38.1 Å². The second-order valence-electron chi connectivity index (χ2n) is 8.84. The third-order valence-corrected chi connectivity index (χ3v) is 5.58. The number of carbonyl (C=O) groups excluding carboxylic acids is 1. The molecule has 0 atom stereocenters. The fourth-order valence-electron chi connectivity index (χ4n) is 4.00. The Kier molecular flexibility index (Phi) is 6.84. The van der Waals surface area contributed by atoms with Crippen molar-refractivity contribution < 1.29 is 14.1 Å². The average Bonchev–Trinajstić information content (AvgIpc) is 3.39. The quantitative estimate of drug-likeness (QED) is 0.261. The van der Waals surface area contributed by atoms with Crippen LogP contribution in [0.1, 0.15) is 39.7 Å². The first-order valence-corrected chi connectivity index (χ1v) is 11.6. The number of para-hydroxylation sites is 1. The van der Waals surface area contributed by atoms with Crippen LogP contribution in [0.5, 0.6) is 5.75 Å². The molecule has 2 heterocycles. The van der Waals surface area contributed by atoms with Crippen LogP contribution < -0.4 is 4.74 Å². The lowest BCUT2D eigenvalue weighted by Gasteiger charge is -2.11. The van der Waals surface area contributed by atoms with Crippen molar-refractivity contribution in [3.63, 3.8) is 0 Å². The Balaban J connectivity index is 1.75. The van der Waals surface area contributed by atoms with Gasteiger partial charge in [0, 0.05) is 35.7 Å². The highest BCUT2D eigenvalue weighted by Gasteiger charge is 2.19. The van der Waals surface area contributed by atoms with Gasteiger partial charge >= 0.3 is 0 Å². The molecule has 7 heteroatoms. The summed E-state index contributed by atoms with van der Waals surface area (Å²) < 4.78 is 13.6. The number of halogens is 1. The zero-order valence-corrected chi connectivity index (χ0v) is 20.1. The first-order chi connectivity index (χ1) is 15.9. The van der Waals surface area contributed by atoms with Crippen molar-refractivity contribution in [2.45, 2.75) is 53.2 Å². The Labute approximate surface area is 198 Å². The van der Waals surface area contributed by atoms with E-state index in [4.69, 9.17) is 20.9 Å². The van der Waals surface area contributed by atoms with Crippen LogP contribution in [-0.2, 0) is 17.8 Å². The van der Waals surface area contributed by atoms with Crippen molar-refractivity contribution in [1.29, 1.82) is 0 Å². The lowest BCUT2D eigenvalue weighted by Crippen LogP contribution is -2.05. The summed E-state index contributed by atoms with van der Waals surface area (Å²) in [5.74, 6) is 1.99. The van der Waals surface area contributed by atoms with Crippen LogP contribution in [0.15, 0.2) is 47.1 Å². The first-order valence-electron chi connectivity index (χ1n) is 11.2. The van der Waals surface area contributed by atoms with Gasteiger partial charge in [0.2, 0.25) is 5.82 Å². The summed E-state index contributed by atoms with van der Waals surface area (Å²) in [5.41, 5.74) is 3.83. The molecular weight excluding hydrogens is 438 g/mol. The fourth-order valence-corrected chi connectivity index (χ4v) is 4.22. The van der Waals surface area contributed by atoms with Gasteiger partial charge < -0.3 is 18.6 Å². The highest BCUT2D eigenvalue weighted by Crippen LogP contribution is 2.34. The summed E-state index contributed by atoms with van der Waals surface area (Å²) in [7, 11) is 0. The summed E-state index contributed by atoms with van der Waals surface area (Å²) in [5, 5.41) is 5.88. The van der Waals surface area contributed by atoms with E-state index < -0.39 is 0 Å². The topological polar surface area (TPSA) is 70.2 Å². The number of aldehydes is 1. The molecule has 0 unspecified atom stereocenters. The Morgan fingerprint density at radius 3 is 2.70 bits per heavy atom. The molecule has 0 bridgehead atoms. The number of rotatable bonds is 9. The molecule has 33 heavy (non-hydrogen) atoms. The van der Waals surface area contributed by atoms with Crippen LogP contribution in [0.4, 0.5) is 0 Å². The molecule has 0 saturated heterocycles. The predicted octanol–water partition coefficient (Wildman–Crippen LogP) is 6.59. The highest BCUT2D eigenvalue weighted by atomic mass is 35.5. The van der Waals surface area contributed by atoms with Crippen molar-refractivity contribution in [2.24, 2.45) is 5.92 Å². The second-order valence-corrected chi connectivity index (χ2v) is 9.25. The number of benzene rings is 2. The Bertz CT molecular complexity index is 1270. The number of aryl methyl sites for hydroxylation is 1. The molecule has 0 aliphatic rings. The second kappa shape index (κ2) is 9.79. The molecule has 2 aromatic heterocycles. The number of aromatic nitrogens is 3. The van der Waals surface area contributed by atoms with E-state index in [0.717, 1.165) is 40.4 Å². The lowest BCUT2D eigenvalue weighted by atomic mass is 10.1. The summed E-state index contributed by atoms with van der Waals surface area (Å²) >= 11 is 6.40. The predicted molar refractivity (Wildman–Crippen MR) is 131 cm³/mol. The number of carbonyl (C=O) groups is 1. The van der Waals surface area contributed by atoms with Gasteiger partial charge in [-0.3, -0.25) is 0 Å². The minimum Gasteiger partial charge on any atom is -0.489 e. The Morgan fingerprint density at radius 1 is 1.18 bits per heavy atom. The van der Waals surface area contributed by atoms with E-state index in [-0.39, 0.29) is 6.10 Å². The van der Waals surface area contributed by atoms with E-state index in [1.165, 1.54) is 0 Å². The standard InChI is InChI=1S/C26H28ClN3O3/c1-16(2)14-30-15-19(7-6-12-31)20-8-5-9-21(24(20)30)25-28-26(33-29-25)18-10-11-23(22(27)13-18)32-17(3)4/h5,8-13,15-17H,6-7,14H2,1-4H3. The highest BCUT2D eigenvalue weighted by molar-refractivity contribution is 6.32. The molecule has 4 aromatic rings. The van der Waals surface area contributed by atoms with Gasteiger partial charge in [0.25, 0.3) is 5.89 Å². The molecule has 0 radical (unpaired) electrons. The maximum Gasteiger partial charge on any atom is 0.258 e. The number of fused-ring (bicyclic) bond motifs is 1. The molecule has 172 valence electrons. The molecule has 0 fully saturated rings. The molecule has 4 rings (SSSR count). The monoisotopic (exact) mass is 465 g/mol. The van der Waals surface area contributed by atoms with Crippen LogP contribution in [0, 0.1) is 5.92 Å². The van der Waals surface area contributed by atoms with Gasteiger partial charge in [0.05, 0.1) is 16.6 Å². The molecule has 0 aliphatic heterocycles. The Hall–Kier alpha value is -3.12. The van der Waals surface area contributed by atoms with Crippen LogP contribution >= 0.6 is 11.6 Å². The van der Waals surface area contributed by atoms with Crippen LogP contribution in [0.3, 0.4) is 0 Å². The molecule has 0 N–H and O–H groups in total. The van der Waals surface area contributed by atoms with Gasteiger partial charge in [-0.2, -0.15) is 4.98 Å². The summed E-state index contributed by atoms with van der Waals surface area (Å²) in [4.78, 5) is 15.6. The third-order valence-electron chi connectivity index (χ3n) is 5.28. The molecule has 0 spiro atoms. The van der Waals surface area contributed by atoms with Gasteiger partial charge in [-0.15, -0.1) is 0 Å². The minimum absolute atomic E-state index is 0.0300. The smallest absolute Gasteiger partial charge is 0.258 e. The average molecular weight is 466 g/mol. The van der Waals surface area contributed by atoms with Gasteiger partial charge in [0.1, 0.15) is 12.0 Å². The SMILES string of the molecule is CC(C)Cn1cc(CCC=O)c2cccc(-c3noc(-c4ccc(OC(C)C)c(Cl)c4)n3)c21. The van der Waals surface area contributed by atoms with Crippen molar-refractivity contribution in [3.05, 3.63) is 53.2 Å². The van der Waals surface area contributed by atoms with Crippen molar-refractivity contribution >= 4 is 28.8 Å².